The first-order valence-corrected chi connectivity index (χ1v) is 10.8. The minimum Gasteiger partial charge on any atom is -0.309 e. The third-order valence-electron chi connectivity index (χ3n) is 5.94. The molecule has 0 unspecified atom stereocenters. The van der Waals surface area contributed by atoms with Crippen LogP contribution in [0.2, 0.25) is 0 Å². The summed E-state index contributed by atoms with van der Waals surface area (Å²) in [5.74, 6) is 0.691. The normalized spacial score (nSPS) is 15.9. The summed E-state index contributed by atoms with van der Waals surface area (Å²) >= 11 is 1.56. The summed E-state index contributed by atoms with van der Waals surface area (Å²) in [5, 5.41) is 0.700. The molecular weight excluding hydrogens is 404 g/mol. The van der Waals surface area contributed by atoms with Crippen LogP contribution in [-0.2, 0) is 27.2 Å². The Bertz CT molecular complexity index is 1280. The van der Waals surface area contributed by atoms with E-state index in [0.29, 0.717) is 24.3 Å². The minimum absolute atomic E-state index is 0.0675. The second kappa shape index (κ2) is 7.93. The van der Waals surface area contributed by atoms with Crippen LogP contribution in [0.15, 0.2) is 20.4 Å². The van der Waals surface area contributed by atoms with Gasteiger partial charge in [0, 0.05) is 63.5 Å². The minimum atomic E-state index is -0.305. The zero-order valence-corrected chi connectivity index (χ0v) is 18.5. The first-order chi connectivity index (χ1) is 14.2. The van der Waals surface area contributed by atoms with Crippen molar-refractivity contribution in [3.05, 3.63) is 59.2 Å². The van der Waals surface area contributed by atoms with E-state index in [1.165, 1.54) is 17.7 Å². The first kappa shape index (κ1) is 20.7. The van der Waals surface area contributed by atoms with Crippen LogP contribution in [0, 0.1) is 13.8 Å². The third kappa shape index (κ3) is 3.78. The van der Waals surface area contributed by atoms with Gasteiger partial charge < -0.3 is 4.98 Å². The van der Waals surface area contributed by atoms with Crippen molar-refractivity contribution in [1.29, 1.82) is 0 Å². The van der Waals surface area contributed by atoms with Gasteiger partial charge in [0.25, 0.3) is 11.1 Å². The van der Waals surface area contributed by atoms with Crippen molar-refractivity contribution in [2.24, 2.45) is 14.1 Å². The van der Waals surface area contributed by atoms with Gasteiger partial charge in [-0.2, -0.15) is 0 Å². The summed E-state index contributed by atoms with van der Waals surface area (Å²) in [6, 6.07) is 1.53. The number of nitrogens with one attached hydrogen (secondary N) is 1. The monoisotopic (exact) mass is 430 g/mol. The van der Waals surface area contributed by atoms with Gasteiger partial charge in [0.1, 0.15) is 10.7 Å². The standard InChI is InChI=1S/C20H26N6O3S/c1-12-13(2)30-19-17(12)18(28)21-15(22-19)11-26-7-5-25(6-8-26)10-14-9-16(27)24(4)20(29)23(14)3/h9H,5-8,10-11H2,1-4H3,(H,21,22,28). The van der Waals surface area contributed by atoms with Crippen molar-refractivity contribution in [3.63, 3.8) is 0 Å². The fourth-order valence-electron chi connectivity index (χ4n) is 3.85. The predicted octanol–water partition coefficient (Wildman–Crippen LogP) is 0.317. The van der Waals surface area contributed by atoms with Gasteiger partial charge in [-0.1, -0.05) is 0 Å². The molecule has 9 nitrogen and oxygen atoms in total. The molecule has 3 aromatic heterocycles. The Morgan fingerprint density at radius 1 is 1.00 bits per heavy atom. The molecule has 0 atom stereocenters. The smallest absolute Gasteiger partial charge is 0.309 e. The molecule has 30 heavy (non-hydrogen) atoms. The number of fused-ring (bicyclic) bond motifs is 1. The largest absolute Gasteiger partial charge is 0.330 e. The van der Waals surface area contributed by atoms with Crippen LogP contribution in [0.5, 0.6) is 0 Å². The van der Waals surface area contributed by atoms with E-state index in [-0.39, 0.29) is 16.8 Å². The van der Waals surface area contributed by atoms with E-state index in [2.05, 4.69) is 19.8 Å². The summed E-state index contributed by atoms with van der Waals surface area (Å²) in [5.41, 5.74) is 1.07. The quantitative estimate of drug-likeness (QED) is 0.640. The molecule has 0 amide bonds. The third-order valence-corrected chi connectivity index (χ3v) is 7.04. The molecule has 1 N–H and O–H groups in total. The van der Waals surface area contributed by atoms with Crippen molar-refractivity contribution >= 4 is 21.6 Å². The van der Waals surface area contributed by atoms with E-state index in [4.69, 9.17) is 0 Å². The molecule has 0 saturated carbocycles. The van der Waals surface area contributed by atoms with E-state index in [0.717, 1.165) is 51.7 Å². The Labute approximate surface area is 177 Å². The molecule has 4 heterocycles. The molecule has 4 rings (SSSR count). The van der Waals surface area contributed by atoms with Gasteiger partial charge in [-0.3, -0.25) is 28.5 Å². The maximum atomic E-state index is 12.5. The molecule has 160 valence electrons. The lowest BCUT2D eigenvalue weighted by Gasteiger charge is -2.34. The Balaban J connectivity index is 1.42. The molecule has 1 saturated heterocycles. The van der Waals surface area contributed by atoms with Gasteiger partial charge >= 0.3 is 5.69 Å². The van der Waals surface area contributed by atoms with Crippen LogP contribution in [0.4, 0.5) is 0 Å². The fraction of sp³-hybridized carbons (Fsp3) is 0.500. The van der Waals surface area contributed by atoms with Crippen molar-refractivity contribution in [2.45, 2.75) is 26.9 Å². The predicted molar refractivity (Wildman–Crippen MR) is 117 cm³/mol. The van der Waals surface area contributed by atoms with Crippen LogP contribution in [0.25, 0.3) is 10.2 Å². The van der Waals surface area contributed by atoms with Crippen LogP contribution in [0.1, 0.15) is 22.0 Å². The molecule has 0 aliphatic carbocycles. The number of aromatic amines is 1. The van der Waals surface area contributed by atoms with Gasteiger partial charge in [0.15, 0.2) is 0 Å². The van der Waals surface area contributed by atoms with Gasteiger partial charge in [-0.25, -0.2) is 9.78 Å². The lowest BCUT2D eigenvalue weighted by Crippen LogP contribution is -2.47. The Morgan fingerprint density at radius 2 is 1.63 bits per heavy atom. The molecule has 0 bridgehead atoms. The van der Waals surface area contributed by atoms with Crippen molar-refractivity contribution in [3.8, 4) is 0 Å². The van der Waals surface area contributed by atoms with Crippen molar-refractivity contribution in [2.75, 3.05) is 26.2 Å². The number of piperazine rings is 1. The van der Waals surface area contributed by atoms with E-state index in [9.17, 15) is 14.4 Å². The number of thiophene rings is 1. The van der Waals surface area contributed by atoms with Gasteiger partial charge in [-0.05, 0) is 19.4 Å². The summed E-state index contributed by atoms with van der Waals surface area (Å²) in [7, 11) is 3.18. The molecule has 10 heteroatoms. The Kier molecular flexibility index (Phi) is 5.48. The number of hydrogen-bond donors (Lipinski definition) is 1. The number of rotatable bonds is 4. The Morgan fingerprint density at radius 3 is 2.30 bits per heavy atom. The summed E-state index contributed by atoms with van der Waals surface area (Å²) in [6.45, 7) is 8.40. The first-order valence-electron chi connectivity index (χ1n) is 9.94. The maximum absolute atomic E-state index is 12.5. The average Bonchev–Trinajstić information content (AvgIpc) is 3.00. The zero-order valence-electron chi connectivity index (χ0n) is 17.7. The maximum Gasteiger partial charge on any atom is 0.330 e. The number of hydrogen-bond acceptors (Lipinski definition) is 7. The highest BCUT2D eigenvalue weighted by Crippen LogP contribution is 2.25. The lowest BCUT2D eigenvalue weighted by atomic mass is 10.2. The SMILES string of the molecule is Cc1sc2nc(CN3CCN(Cc4cc(=O)n(C)c(=O)n4C)CC3)[nH]c(=O)c2c1C. The molecule has 0 spiro atoms. The number of aromatic nitrogens is 4. The van der Waals surface area contributed by atoms with E-state index in [1.807, 2.05) is 13.8 Å². The van der Waals surface area contributed by atoms with Crippen molar-refractivity contribution in [1.82, 2.24) is 28.9 Å². The number of nitrogens with zero attached hydrogens (tertiary/aromatic N) is 5. The van der Waals surface area contributed by atoms with Gasteiger partial charge in [-0.15, -0.1) is 11.3 Å². The van der Waals surface area contributed by atoms with E-state index < -0.39 is 0 Å². The average molecular weight is 431 g/mol. The molecule has 1 fully saturated rings. The van der Waals surface area contributed by atoms with Crippen molar-refractivity contribution < 1.29 is 0 Å². The zero-order chi connectivity index (χ0) is 21.6. The molecule has 0 radical (unpaired) electrons. The van der Waals surface area contributed by atoms with E-state index in [1.54, 1.807) is 18.4 Å². The Hall–Kier alpha value is -2.56. The van der Waals surface area contributed by atoms with Gasteiger partial charge in [0.05, 0.1) is 11.9 Å². The van der Waals surface area contributed by atoms with Gasteiger partial charge in [0.2, 0.25) is 0 Å². The lowest BCUT2D eigenvalue weighted by molar-refractivity contribution is 0.118. The van der Waals surface area contributed by atoms with Crippen LogP contribution >= 0.6 is 11.3 Å². The van der Waals surface area contributed by atoms with Crippen LogP contribution in [0.3, 0.4) is 0 Å². The summed E-state index contributed by atoms with van der Waals surface area (Å²) in [6.07, 6.45) is 0. The number of aryl methyl sites for hydroxylation is 2. The second-order valence-electron chi connectivity index (χ2n) is 7.90. The second-order valence-corrected chi connectivity index (χ2v) is 9.11. The fourth-order valence-corrected chi connectivity index (χ4v) is 4.90. The van der Waals surface area contributed by atoms with E-state index >= 15 is 0 Å². The molecule has 1 aliphatic rings. The molecule has 0 aromatic carbocycles. The summed E-state index contributed by atoms with van der Waals surface area (Å²) < 4.78 is 2.64. The molecule has 1 aliphatic heterocycles. The number of H-pyrrole nitrogens is 1. The van der Waals surface area contributed by atoms with Crippen LogP contribution in [-0.4, -0.2) is 55.1 Å². The topological polar surface area (TPSA) is 96.2 Å². The highest BCUT2D eigenvalue weighted by atomic mass is 32.1. The highest BCUT2D eigenvalue weighted by Gasteiger charge is 2.20. The highest BCUT2D eigenvalue weighted by molar-refractivity contribution is 7.18. The van der Waals surface area contributed by atoms with Crippen LogP contribution < -0.4 is 16.8 Å². The molecular formula is C20H26N6O3S. The molecule has 3 aromatic rings. The summed E-state index contributed by atoms with van der Waals surface area (Å²) in [4.78, 5) is 50.6.